The Balaban J connectivity index is 0.000000614. The molecule has 2 heterocycles. The third-order valence-electron chi connectivity index (χ3n) is 4.77. The van der Waals surface area contributed by atoms with Crippen LogP contribution in [-0.2, 0) is 10.2 Å². The molecule has 4 N–H and O–H groups in total. The minimum Gasteiger partial charge on any atom is -0.354 e. The number of halogens is 1. The van der Waals surface area contributed by atoms with Crippen LogP contribution in [0, 0.1) is 5.82 Å². The molecule has 1 aliphatic rings. The summed E-state index contributed by atoms with van der Waals surface area (Å²) in [6, 6.07) is 4.97. The van der Waals surface area contributed by atoms with Crippen molar-refractivity contribution in [1.29, 1.82) is 0 Å². The molecular weight excluding hydrogens is 399 g/mol. The number of rotatable bonds is 7. The highest BCUT2D eigenvalue weighted by molar-refractivity contribution is 6.13. The average Bonchev–Trinajstić information content (AvgIpc) is 2.74. The quantitative estimate of drug-likeness (QED) is 0.499. The molecule has 8 nitrogen and oxygen atoms in total. The van der Waals surface area contributed by atoms with Crippen molar-refractivity contribution in [1.82, 2.24) is 20.6 Å². The average molecular weight is 431 g/mol. The number of aromatic nitrogens is 2. The Morgan fingerprint density at radius 2 is 1.84 bits per heavy atom. The second-order valence-electron chi connectivity index (χ2n) is 7.57. The Hall–Kier alpha value is -3.07. The van der Waals surface area contributed by atoms with Gasteiger partial charge in [-0.05, 0) is 51.1 Å². The fourth-order valence-corrected chi connectivity index (χ4v) is 2.97. The molecule has 0 radical (unpaired) electrons. The van der Waals surface area contributed by atoms with Gasteiger partial charge in [-0.2, -0.15) is 4.98 Å². The predicted molar refractivity (Wildman–Crippen MR) is 120 cm³/mol. The fraction of sp³-hybridized carbons (Fsp3) is 0.455. The number of benzene rings is 1. The number of hydrogen-bond acceptors (Lipinski definition) is 7. The summed E-state index contributed by atoms with van der Waals surface area (Å²) in [5.74, 6) is -1.10. The molecule has 1 aliphatic heterocycles. The Labute approximate surface area is 182 Å². The molecular formula is C22H31FN6O2. The number of hydrogen-bond donors (Lipinski definition) is 4. The van der Waals surface area contributed by atoms with Crippen molar-refractivity contribution in [2.45, 2.75) is 46.5 Å². The number of carbonyl (C=O) groups excluding carboxylic acids is 2. The maximum atomic E-state index is 14.0. The molecule has 2 aromatic rings. The molecule has 0 unspecified atom stereocenters. The van der Waals surface area contributed by atoms with Crippen LogP contribution in [0.3, 0.4) is 0 Å². The number of nitrogens with one attached hydrogen (secondary N) is 4. The molecule has 0 atom stereocenters. The molecule has 0 saturated carbocycles. The predicted octanol–water partition coefficient (Wildman–Crippen LogP) is 3.34. The lowest BCUT2D eigenvalue weighted by Crippen LogP contribution is -2.48. The van der Waals surface area contributed by atoms with Crippen molar-refractivity contribution in [2.75, 3.05) is 30.3 Å². The summed E-state index contributed by atoms with van der Waals surface area (Å²) in [4.78, 5) is 32.2. The van der Waals surface area contributed by atoms with Crippen LogP contribution in [0.4, 0.5) is 21.8 Å². The lowest BCUT2D eigenvalue weighted by Gasteiger charge is -2.30. The van der Waals surface area contributed by atoms with E-state index in [0.717, 1.165) is 25.7 Å². The van der Waals surface area contributed by atoms with E-state index in [9.17, 15) is 14.0 Å². The Kier molecular flexibility index (Phi) is 8.44. The largest absolute Gasteiger partial charge is 0.354 e. The van der Waals surface area contributed by atoms with Crippen molar-refractivity contribution in [3.63, 3.8) is 0 Å². The van der Waals surface area contributed by atoms with Gasteiger partial charge >= 0.3 is 0 Å². The number of fused-ring (bicyclic) bond motifs is 1. The van der Waals surface area contributed by atoms with Crippen molar-refractivity contribution in [3.05, 3.63) is 41.3 Å². The SMILES string of the molecule is CCCNc1ncc(F)c(Nc2ccc3c(c2)C(=O)NC(=O)C3(C)C)n1.CCNCC. The van der Waals surface area contributed by atoms with E-state index in [0.29, 0.717) is 29.3 Å². The van der Waals surface area contributed by atoms with Crippen molar-refractivity contribution in [3.8, 4) is 0 Å². The first kappa shape index (κ1) is 24.2. The minimum atomic E-state index is -0.820. The van der Waals surface area contributed by atoms with Crippen LogP contribution in [0.1, 0.15) is 57.0 Å². The van der Waals surface area contributed by atoms with Gasteiger partial charge in [-0.15, -0.1) is 0 Å². The molecule has 3 rings (SSSR count). The number of anilines is 3. The van der Waals surface area contributed by atoms with Crippen molar-refractivity contribution < 1.29 is 14.0 Å². The van der Waals surface area contributed by atoms with Gasteiger partial charge in [-0.1, -0.05) is 26.8 Å². The number of carbonyl (C=O) groups is 2. The summed E-state index contributed by atoms with van der Waals surface area (Å²) in [6.07, 6.45) is 1.97. The van der Waals surface area contributed by atoms with Gasteiger partial charge in [0, 0.05) is 17.8 Å². The van der Waals surface area contributed by atoms with E-state index in [-0.39, 0.29) is 11.7 Å². The second kappa shape index (κ2) is 10.8. The van der Waals surface area contributed by atoms with E-state index in [4.69, 9.17) is 0 Å². The van der Waals surface area contributed by atoms with E-state index in [2.05, 4.69) is 45.1 Å². The summed E-state index contributed by atoms with van der Waals surface area (Å²) < 4.78 is 14.0. The standard InChI is InChI=1S/C18H20FN5O2.C4H11N/c1-4-7-20-17-21-9-13(19)14(23-17)22-10-5-6-12-11(8-10)15(25)24-16(26)18(12,2)3;1-3-5-4-2/h5-6,8-9H,4,7H2,1-3H3,(H,24,25,26)(H2,20,21,22,23);5H,3-4H2,1-2H3. The smallest absolute Gasteiger partial charge is 0.258 e. The van der Waals surface area contributed by atoms with E-state index >= 15 is 0 Å². The maximum absolute atomic E-state index is 14.0. The Morgan fingerprint density at radius 1 is 1.13 bits per heavy atom. The third-order valence-corrected chi connectivity index (χ3v) is 4.77. The molecule has 0 spiro atoms. The molecule has 1 aromatic carbocycles. The van der Waals surface area contributed by atoms with Gasteiger partial charge in [0.25, 0.3) is 5.91 Å². The molecule has 0 fully saturated rings. The number of imide groups is 1. The molecule has 2 amide bonds. The first-order valence-corrected chi connectivity index (χ1v) is 10.5. The molecule has 1 aromatic heterocycles. The normalized spacial score (nSPS) is 14.1. The molecule has 0 aliphatic carbocycles. The summed E-state index contributed by atoms with van der Waals surface area (Å²) >= 11 is 0. The molecule has 0 bridgehead atoms. The van der Waals surface area contributed by atoms with E-state index in [1.165, 1.54) is 0 Å². The monoisotopic (exact) mass is 430 g/mol. The molecule has 9 heteroatoms. The molecule has 0 saturated heterocycles. The van der Waals surface area contributed by atoms with E-state index in [1.807, 2.05) is 6.92 Å². The number of nitrogens with zero attached hydrogens (tertiary/aromatic N) is 2. The zero-order valence-corrected chi connectivity index (χ0v) is 18.7. The van der Waals surface area contributed by atoms with E-state index < -0.39 is 17.1 Å². The Morgan fingerprint density at radius 3 is 2.45 bits per heavy atom. The highest BCUT2D eigenvalue weighted by atomic mass is 19.1. The molecule has 31 heavy (non-hydrogen) atoms. The van der Waals surface area contributed by atoms with Gasteiger partial charge in [0.2, 0.25) is 11.9 Å². The topological polar surface area (TPSA) is 108 Å². The van der Waals surface area contributed by atoms with E-state index in [1.54, 1.807) is 32.0 Å². The maximum Gasteiger partial charge on any atom is 0.258 e. The van der Waals surface area contributed by atoms with Gasteiger partial charge < -0.3 is 16.0 Å². The Bertz CT molecular complexity index is 930. The first-order valence-electron chi connectivity index (χ1n) is 10.5. The summed E-state index contributed by atoms with van der Waals surface area (Å²) in [5, 5.41) is 11.3. The highest BCUT2D eigenvalue weighted by Crippen LogP contribution is 2.32. The third kappa shape index (κ3) is 5.97. The van der Waals surface area contributed by atoms with Gasteiger partial charge in [0.1, 0.15) is 0 Å². The van der Waals surface area contributed by atoms with Crippen LogP contribution in [0.2, 0.25) is 0 Å². The lowest BCUT2D eigenvalue weighted by molar-refractivity contribution is -0.125. The zero-order chi connectivity index (χ0) is 23.0. The van der Waals surface area contributed by atoms with Crippen LogP contribution >= 0.6 is 0 Å². The van der Waals surface area contributed by atoms with Gasteiger partial charge in [0.15, 0.2) is 11.6 Å². The zero-order valence-electron chi connectivity index (χ0n) is 18.7. The van der Waals surface area contributed by atoms with Crippen LogP contribution in [0.15, 0.2) is 24.4 Å². The lowest BCUT2D eigenvalue weighted by atomic mass is 9.78. The summed E-state index contributed by atoms with van der Waals surface area (Å²) in [5.41, 5.74) is 0.672. The number of amides is 2. The van der Waals surface area contributed by atoms with Crippen LogP contribution in [0.25, 0.3) is 0 Å². The van der Waals surface area contributed by atoms with Gasteiger partial charge in [-0.3, -0.25) is 14.9 Å². The fourth-order valence-electron chi connectivity index (χ4n) is 2.97. The van der Waals surface area contributed by atoms with Crippen molar-refractivity contribution in [2.24, 2.45) is 0 Å². The summed E-state index contributed by atoms with van der Waals surface area (Å²) in [7, 11) is 0. The highest BCUT2D eigenvalue weighted by Gasteiger charge is 2.39. The van der Waals surface area contributed by atoms with Crippen LogP contribution in [0.5, 0.6) is 0 Å². The van der Waals surface area contributed by atoms with Gasteiger partial charge in [-0.25, -0.2) is 9.37 Å². The molecule has 168 valence electrons. The van der Waals surface area contributed by atoms with Crippen LogP contribution in [-0.4, -0.2) is 41.4 Å². The minimum absolute atomic E-state index is 0.00473. The van der Waals surface area contributed by atoms with Gasteiger partial charge in [0.05, 0.1) is 11.6 Å². The summed E-state index contributed by atoms with van der Waals surface area (Å²) in [6.45, 7) is 12.6. The second-order valence-corrected chi connectivity index (χ2v) is 7.57. The van der Waals surface area contributed by atoms with Crippen molar-refractivity contribution >= 4 is 29.3 Å². The first-order chi connectivity index (χ1) is 14.7. The van der Waals surface area contributed by atoms with Crippen LogP contribution < -0.4 is 21.3 Å².